The van der Waals surface area contributed by atoms with Crippen LogP contribution in [0.4, 0.5) is 0 Å². The lowest BCUT2D eigenvalue weighted by Gasteiger charge is -2.27. The molecule has 2 rings (SSSR count). The highest BCUT2D eigenvalue weighted by Gasteiger charge is 2.19. The SMILES string of the molecule is CC(C)N(Cc1ccccc1)C(=O)CNCC1CCCO1.Cl. The molecule has 1 amide bonds. The van der Waals surface area contributed by atoms with Gasteiger partial charge in [0.05, 0.1) is 12.6 Å². The van der Waals surface area contributed by atoms with E-state index < -0.39 is 0 Å². The molecule has 1 unspecified atom stereocenters. The van der Waals surface area contributed by atoms with Gasteiger partial charge in [-0.15, -0.1) is 12.4 Å². The highest BCUT2D eigenvalue weighted by molar-refractivity contribution is 5.85. The fraction of sp³-hybridized carbons (Fsp3) is 0.588. The summed E-state index contributed by atoms with van der Waals surface area (Å²) >= 11 is 0. The minimum Gasteiger partial charge on any atom is -0.377 e. The van der Waals surface area contributed by atoms with Crippen LogP contribution in [0.15, 0.2) is 30.3 Å². The molecule has 1 aromatic carbocycles. The molecule has 1 aromatic rings. The first-order valence-corrected chi connectivity index (χ1v) is 7.82. The van der Waals surface area contributed by atoms with Crippen molar-refractivity contribution in [1.82, 2.24) is 10.2 Å². The predicted molar refractivity (Wildman–Crippen MR) is 91.2 cm³/mol. The van der Waals surface area contributed by atoms with Gasteiger partial charge in [-0.25, -0.2) is 0 Å². The summed E-state index contributed by atoms with van der Waals surface area (Å²) in [4.78, 5) is 14.3. The molecule has 1 heterocycles. The minimum absolute atomic E-state index is 0. The first-order chi connectivity index (χ1) is 10.2. The molecule has 0 aliphatic carbocycles. The topological polar surface area (TPSA) is 41.6 Å². The Balaban J connectivity index is 0.00000242. The van der Waals surface area contributed by atoms with Crippen LogP contribution in [0, 0.1) is 0 Å². The number of carbonyl (C=O) groups is 1. The van der Waals surface area contributed by atoms with Gasteiger partial charge in [0.2, 0.25) is 5.91 Å². The number of nitrogens with zero attached hydrogens (tertiary/aromatic N) is 1. The van der Waals surface area contributed by atoms with Crippen LogP contribution in [-0.4, -0.2) is 42.6 Å². The Morgan fingerprint density at radius 3 is 2.68 bits per heavy atom. The Hall–Kier alpha value is -1.10. The van der Waals surface area contributed by atoms with Crippen LogP contribution >= 0.6 is 12.4 Å². The second-order valence-electron chi connectivity index (χ2n) is 5.87. The Morgan fingerprint density at radius 2 is 2.09 bits per heavy atom. The summed E-state index contributed by atoms with van der Waals surface area (Å²) in [6.07, 6.45) is 2.50. The quantitative estimate of drug-likeness (QED) is 0.837. The van der Waals surface area contributed by atoms with Crippen LogP contribution in [0.3, 0.4) is 0 Å². The Kier molecular flexibility index (Phi) is 8.46. The molecule has 124 valence electrons. The summed E-state index contributed by atoms with van der Waals surface area (Å²) in [7, 11) is 0. The van der Waals surface area contributed by atoms with Crippen molar-refractivity contribution in [2.24, 2.45) is 0 Å². The third-order valence-electron chi connectivity index (χ3n) is 3.81. The van der Waals surface area contributed by atoms with Crippen LogP contribution in [0.25, 0.3) is 0 Å². The van der Waals surface area contributed by atoms with Gasteiger partial charge in [0, 0.05) is 25.7 Å². The fourth-order valence-electron chi connectivity index (χ4n) is 2.59. The highest BCUT2D eigenvalue weighted by Crippen LogP contribution is 2.11. The van der Waals surface area contributed by atoms with E-state index in [1.54, 1.807) is 0 Å². The highest BCUT2D eigenvalue weighted by atomic mass is 35.5. The van der Waals surface area contributed by atoms with Crippen molar-refractivity contribution in [1.29, 1.82) is 0 Å². The Labute approximate surface area is 139 Å². The molecule has 1 fully saturated rings. The Bertz CT molecular complexity index is 434. The molecule has 1 aliphatic heterocycles. The molecular weight excluding hydrogens is 300 g/mol. The average molecular weight is 327 g/mol. The van der Waals surface area contributed by atoms with E-state index in [4.69, 9.17) is 4.74 Å². The number of carbonyl (C=O) groups excluding carboxylic acids is 1. The largest absolute Gasteiger partial charge is 0.377 e. The maximum absolute atomic E-state index is 12.4. The summed E-state index contributed by atoms with van der Waals surface area (Å²) in [6, 6.07) is 10.3. The molecule has 0 aromatic heterocycles. The third kappa shape index (κ3) is 5.95. The summed E-state index contributed by atoms with van der Waals surface area (Å²) < 4.78 is 5.55. The maximum atomic E-state index is 12.4. The average Bonchev–Trinajstić information content (AvgIpc) is 2.98. The van der Waals surface area contributed by atoms with Crippen molar-refractivity contribution < 1.29 is 9.53 Å². The third-order valence-corrected chi connectivity index (χ3v) is 3.81. The number of halogens is 1. The van der Waals surface area contributed by atoms with Gasteiger partial charge in [0.15, 0.2) is 0 Å². The molecule has 1 saturated heterocycles. The van der Waals surface area contributed by atoms with E-state index in [1.165, 1.54) is 5.56 Å². The molecule has 0 bridgehead atoms. The molecular formula is C17H27ClN2O2. The summed E-state index contributed by atoms with van der Waals surface area (Å²) in [5.74, 6) is 0.145. The van der Waals surface area contributed by atoms with Gasteiger partial charge in [-0.1, -0.05) is 30.3 Å². The van der Waals surface area contributed by atoms with Crippen molar-refractivity contribution in [3.63, 3.8) is 0 Å². The standard InChI is InChI=1S/C17H26N2O2.ClH/c1-14(2)19(13-15-7-4-3-5-8-15)17(20)12-18-11-16-9-6-10-21-16;/h3-5,7-8,14,16,18H,6,9-13H2,1-2H3;1H. The summed E-state index contributed by atoms with van der Waals surface area (Å²) in [5.41, 5.74) is 1.17. The molecule has 5 heteroatoms. The van der Waals surface area contributed by atoms with Crippen molar-refractivity contribution in [3.8, 4) is 0 Å². The zero-order valence-corrected chi connectivity index (χ0v) is 14.3. The number of nitrogens with one attached hydrogen (secondary N) is 1. The van der Waals surface area contributed by atoms with Crippen LogP contribution in [0.2, 0.25) is 0 Å². The number of hydrogen-bond acceptors (Lipinski definition) is 3. The first kappa shape index (κ1) is 18.9. The van der Waals surface area contributed by atoms with Gasteiger partial charge in [-0.05, 0) is 32.3 Å². The number of amides is 1. The van der Waals surface area contributed by atoms with Crippen LogP contribution in [0.1, 0.15) is 32.3 Å². The lowest BCUT2D eigenvalue weighted by molar-refractivity contribution is -0.132. The van der Waals surface area contributed by atoms with E-state index in [1.807, 2.05) is 23.1 Å². The predicted octanol–water partition coefficient (Wildman–Crippen LogP) is 2.61. The number of hydrogen-bond donors (Lipinski definition) is 1. The summed E-state index contributed by atoms with van der Waals surface area (Å²) in [5, 5.41) is 3.23. The van der Waals surface area contributed by atoms with E-state index >= 15 is 0 Å². The first-order valence-electron chi connectivity index (χ1n) is 7.82. The van der Waals surface area contributed by atoms with E-state index in [0.29, 0.717) is 13.1 Å². The second kappa shape index (κ2) is 9.82. The van der Waals surface area contributed by atoms with Crippen molar-refractivity contribution >= 4 is 18.3 Å². The van der Waals surface area contributed by atoms with Gasteiger partial charge in [-0.3, -0.25) is 4.79 Å². The van der Waals surface area contributed by atoms with Crippen LogP contribution < -0.4 is 5.32 Å². The molecule has 0 saturated carbocycles. The lowest BCUT2D eigenvalue weighted by Crippen LogP contribution is -2.43. The molecule has 1 aliphatic rings. The minimum atomic E-state index is 0. The molecule has 1 atom stereocenters. The maximum Gasteiger partial charge on any atom is 0.237 e. The van der Waals surface area contributed by atoms with Crippen molar-refractivity contribution in [3.05, 3.63) is 35.9 Å². The van der Waals surface area contributed by atoms with Crippen LogP contribution in [-0.2, 0) is 16.1 Å². The molecule has 4 nitrogen and oxygen atoms in total. The monoisotopic (exact) mass is 326 g/mol. The fourth-order valence-corrected chi connectivity index (χ4v) is 2.59. The number of rotatable bonds is 7. The lowest BCUT2D eigenvalue weighted by atomic mass is 10.2. The van der Waals surface area contributed by atoms with Gasteiger partial charge in [-0.2, -0.15) is 0 Å². The normalized spacial score (nSPS) is 17.3. The molecule has 0 radical (unpaired) electrons. The van der Waals surface area contributed by atoms with Gasteiger partial charge in [0.1, 0.15) is 0 Å². The van der Waals surface area contributed by atoms with E-state index in [-0.39, 0.29) is 30.5 Å². The van der Waals surface area contributed by atoms with Gasteiger partial charge in [0.25, 0.3) is 0 Å². The Morgan fingerprint density at radius 1 is 1.36 bits per heavy atom. The zero-order chi connectivity index (χ0) is 15.1. The van der Waals surface area contributed by atoms with E-state index in [2.05, 4.69) is 31.3 Å². The van der Waals surface area contributed by atoms with Gasteiger partial charge >= 0.3 is 0 Å². The molecule has 0 spiro atoms. The van der Waals surface area contributed by atoms with E-state index in [9.17, 15) is 4.79 Å². The van der Waals surface area contributed by atoms with Crippen molar-refractivity contribution in [2.75, 3.05) is 19.7 Å². The molecule has 1 N–H and O–H groups in total. The van der Waals surface area contributed by atoms with Crippen molar-refractivity contribution in [2.45, 2.75) is 45.4 Å². The number of ether oxygens (including phenoxy) is 1. The van der Waals surface area contributed by atoms with Gasteiger partial charge < -0.3 is 15.0 Å². The smallest absolute Gasteiger partial charge is 0.237 e. The summed E-state index contributed by atoms with van der Waals surface area (Å²) in [6.45, 7) is 6.78. The zero-order valence-electron chi connectivity index (χ0n) is 13.5. The molecule has 22 heavy (non-hydrogen) atoms. The second-order valence-corrected chi connectivity index (χ2v) is 5.87. The van der Waals surface area contributed by atoms with Crippen LogP contribution in [0.5, 0.6) is 0 Å². The number of benzene rings is 1. The van der Waals surface area contributed by atoms with E-state index in [0.717, 1.165) is 26.0 Å².